The molecule has 0 saturated heterocycles. The van der Waals surface area contributed by atoms with E-state index in [1.165, 1.54) is 32.3 Å². The van der Waals surface area contributed by atoms with Gasteiger partial charge in [0.2, 0.25) is 0 Å². The lowest BCUT2D eigenvalue weighted by Gasteiger charge is -2.14. The summed E-state index contributed by atoms with van der Waals surface area (Å²) in [7, 11) is -2.31. The van der Waals surface area contributed by atoms with Crippen molar-refractivity contribution in [3.63, 3.8) is 0 Å². The van der Waals surface area contributed by atoms with E-state index in [9.17, 15) is 26.4 Å². The van der Waals surface area contributed by atoms with Crippen LogP contribution in [0.2, 0.25) is 0 Å². The van der Waals surface area contributed by atoms with E-state index in [2.05, 4.69) is 20.6 Å². The largest absolute Gasteiger partial charge is 0.433 e. The van der Waals surface area contributed by atoms with Gasteiger partial charge < -0.3 is 10.6 Å². The predicted octanol–water partition coefficient (Wildman–Crippen LogP) is 2.58. The van der Waals surface area contributed by atoms with Crippen LogP contribution in [0.15, 0.2) is 35.5 Å². The Bertz CT molecular complexity index is 930. The lowest BCUT2D eigenvalue weighted by atomic mass is 10.2. The summed E-state index contributed by atoms with van der Waals surface area (Å²) in [5.74, 6) is -1.21. The van der Waals surface area contributed by atoms with Gasteiger partial charge in [0.05, 0.1) is 28.2 Å². The number of carbonyl (C=O) groups is 1. The number of alkyl halides is 3. The van der Waals surface area contributed by atoms with Crippen molar-refractivity contribution < 1.29 is 26.4 Å². The molecule has 0 aliphatic carbocycles. The zero-order valence-corrected chi connectivity index (χ0v) is 14.6. The molecule has 2 aromatic rings. The number of nitrogens with one attached hydrogen (secondary N) is 2. The number of halogens is 3. The van der Waals surface area contributed by atoms with Crippen LogP contribution in [-0.2, 0) is 16.0 Å². The summed E-state index contributed by atoms with van der Waals surface area (Å²) in [5.41, 5.74) is -1.68. The molecule has 2 rings (SSSR count). The maximum absolute atomic E-state index is 12.8. The molecule has 0 aliphatic rings. The Morgan fingerprint density at radius 1 is 1.23 bits per heavy atom. The topological polar surface area (TPSA) is 101 Å². The van der Waals surface area contributed by atoms with Crippen molar-refractivity contribution >= 4 is 27.1 Å². The summed E-state index contributed by atoms with van der Waals surface area (Å²) in [4.78, 5) is 19.2. The second-order valence-electron chi connectivity index (χ2n) is 5.07. The van der Waals surface area contributed by atoms with Gasteiger partial charge in [-0.2, -0.15) is 13.2 Å². The molecule has 0 saturated carbocycles. The van der Waals surface area contributed by atoms with Crippen LogP contribution in [0.3, 0.4) is 0 Å². The average molecular weight is 388 g/mol. The van der Waals surface area contributed by atoms with E-state index in [1.54, 1.807) is 0 Å². The Morgan fingerprint density at radius 3 is 2.50 bits per heavy atom. The van der Waals surface area contributed by atoms with Gasteiger partial charge in [0.1, 0.15) is 11.4 Å². The fourth-order valence-corrected chi connectivity index (χ4v) is 3.10. The highest BCUT2D eigenvalue weighted by Gasteiger charge is 2.33. The van der Waals surface area contributed by atoms with Gasteiger partial charge in [-0.1, -0.05) is 6.92 Å². The van der Waals surface area contributed by atoms with Gasteiger partial charge in [-0.3, -0.25) is 4.79 Å². The first kappa shape index (κ1) is 19.6. The maximum atomic E-state index is 12.8. The van der Waals surface area contributed by atoms with E-state index in [-0.39, 0.29) is 22.0 Å². The van der Waals surface area contributed by atoms with Crippen molar-refractivity contribution in [3.8, 4) is 0 Å². The Hall–Kier alpha value is -2.69. The van der Waals surface area contributed by atoms with Crippen molar-refractivity contribution in [3.05, 3.63) is 42.0 Å². The molecule has 7 nitrogen and oxygen atoms in total. The Labute approximate surface area is 147 Å². The van der Waals surface area contributed by atoms with Crippen LogP contribution in [0.5, 0.6) is 0 Å². The molecule has 2 heterocycles. The maximum Gasteiger partial charge on any atom is 0.433 e. The highest BCUT2D eigenvalue weighted by Crippen LogP contribution is 2.32. The molecule has 0 aliphatic heterocycles. The van der Waals surface area contributed by atoms with Gasteiger partial charge >= 0.3 is 6.18 Å². The molecule has 0 fully saturated rings. The van der Waals surface area contributed by atoms with Crippen LogP contribution in [0.25, 0.3) is 0 Å². The van der Waals surface area contributed by atoms with E-state index >= 15 is 0 Å². The normalized spacial score (nSPS) is 11.9. The lowest BCUT2D eigenvalue weighted by Crippen LogP contribution is -2.20. The molecular weight excluding hydrogens is 373 g/mol. The second kappa shape index (κ2) is 7.28. The lowest BCUT2D eigenvalue weighted by molar-refractivity contribution is -0.141. The minimum atomic E-state index is -4.70. The number of amides is 1. The monoisotopic (exact) mass is 388 g/mol. The van der Waals surface area contributed by atoms with Crippen LogP contribution >= 0.6 is 0 Å². The van der Waals surface area contributed by atoms with Gasteiger partial charge in [0.25, 0.3) is 5.91 Å². The van der Waals surface area contributed by atoms with Crippen LogP contribution in [0, 0.1) is 0 Å². The van der Waals surface area contributed by atoms with E-state index in [4.69, 9.17) is 0 Å². The number of sulfone groups is 1. The number of rotatable bonds is 5. The van der Waals surface area contributed by atoms with E-state index in [0.29, 0.717) is 6.07 Å². The number of nitrogens with zero attached hydrogens (tertiary/aromatic N) is 2. The number of pyridine rings is 2. The molecular formula is C15H15F3N4O3S. The summed E-state index contributed by atoms with van der Waals surface area (Å²) in [6.07, 6.45) is -2.57. The highest BCUT2D eigenvalue weighted by molar-refractivity contribution is 7.91. The van der Waals surface area contributed by atoms with Gasteiger partial charge in [-0.05, 0) is 18.2 Å². The van der Waals surface area contributed by atoms with E-state index in [1.807, 2.05) is 0 Å². The van der Waals surface area contributed by atoms with E-state index in [0.717, 1.165) is 6.20 Å². The summed E-state index contributed by atoms with van der Waals surface area (Å²) in [6, 6.07) is 3.22. The third-order valence-corrected chi connectivity index (χ3v) is 5.17. The Balaban J connectivity index is 2.46. The smallest absolute Gasteiger partial charge is 0.385 e. The molecule has 140 valence electrons. The van der Waals surface area contributed by atoms with Crippen LogP contribution < -0.4 is 10.6 Å². The molecule has 26 heavy (non-hydrogen) atoms. The summed E-state index contributed by atoms with van der Waals surface area (Å²) >= 11 is 0. The fraction of sp³-hybridized carbons (Fsp3) is 0.267. The number of anilines is 2. The second-order valence-corrected chi connectivity index (χ2v) is 7.32. The number of aromatic nitrogens is 2. The zero-order valence-electron chi connectivity index (χ0n) is 13.8. The van der Waals surface area contributed by atoms with Crippen molar-refractivity contribution in [1.82, 2.24) is 9.97 Å². The summed E-state index contributed by atoms with van der Waals surface area (Å²) in [6.45, 7) is 1.40. The molecule has 0 spiro atoms. The van der Waals surface area contributed by atoms with Crippen molar-refractivity contribution in [1.29, 1.82) is 0 Å². The predicted molar refractivity (Wildman–Crippen MR) is 88.7 cm³/mol. The van der Waals surface area contributed by atoms with Crippen LogP contribution in [0.4, 0.5) is 24.5 Å². The van der Waals surface area contributed by atoms with Gasteiger partial charge in [-0.25, -0.2) is 18.4 Å². The first-order valence-electron chi connectivity index (χ1n) is 7.34. The quantitative estimate of drug-likeness (QED) is 0.817. The minimum Gasteiger partial charge on any atom is -0.385 e. The van der Waals surface area contributed by atoms with Crippen LogP contribution in [0.1, 0.15) is 23.1 Å². The first-order chi connectivity index (χ1) is 12.1. The standard InChI is InChI=1S/C15H15F3N4O3S/c1-3-26(24,25)11-5-4-6-20-13(11)14(23)22-9-7-12(15(16,17)18)21-8-10(9)19-2/h4-8,19H,3H2,1-2H3,(H,21,22,23). The first-order valence-corrected chi connectivity index (χ1v) is 8.99. The highest BCUT2D eigenvalue weighted by atomic mass is 32.2. The molecule has 1 amide bonds. The van der Waals surface area contributed by atoms with Gasteiger partial charge in [0, 0.05) is 13.2 Å². The molecule has 2 aromatic heterocycles. The Kier molecular flexibility index (Phi) is 5.50. The molecule has 0 aromatic carbocycles. The van der Waals surface area contributed by atoms with Gasteiger partial charge in [0.15, 0.2) is 9.84 Å². The van der Waals surface area contributed by atoms with Crippen molar-refractivity contribution in [2.75, 3.05) is 23.4 Å². The average Bonchev–Trinajstić information content (AvgIpc) is 2.60. The Morgan fingerprint density at radius 2 is 1.92 bits per heavy atom. The molecule has 0 unspecified atom stereocenters. The molecule has 0 radical (unpaired) electrons. The molecule has 2 N–H and O–H groups in total. The number of carbonyl (C=O) groups excluding carboxylic acids is 1. The third-order valence-electron chi connectivity index (χ3n) is 3.41. The number of hydrogen-bond acceptors (Lipinski definition) is 6. The molecule has 0 atom stereocenters. The zero-order chi connectivity index (χ0) is 19.5. The summed E-state index contributed by atoms with van der Waals surface area (Å²) in [5, 5.41) is 4.86. The van der Waals surface area contributed by atoms with Gasteiger partial charge in [-0.15, -0.1) is 0 Å². The van der Waals surface area contributed by atoms with E-state index < -0.39 is 33.3 Å². The fourth-order valence-electron chi connectivity index (χ4n) is 2.06. The third kappa shape index (κ3) is 4.10. The minimum absolute atomic E-state index is 0.127. The molecule has 11 heteroatoms. The summed E-state index contributed by atoms with van der Waals surface area (Å²) < 4.78 is 62.7. The SMILES string of the molecule is CCS(=O)(=O)c1cccnc1C(=O)Nc1cc(C(F)(F)F)ncc1NC. The van der Waals surface area contributed by atoms with Crippen molar-refractivity contribution in [2.45, 2.75) is 18.0 Å². The number of hydrogen-bond donors (Lipinski definition) is 2. The molecule has 0 bridgehead atoms. The van der Waals surface area contributed by atoms with Crippen molar-refractivity contribution in [2.24, 2.45) is 0 Å². The van der Waals surface area contributed by atoms with Crippen LogP contribution in [-0.4, -0.2) is 37.1 Å².